The molecular formula is C17H30IN3O2. The molecule has 1 rings (SSSR count). The average Bonchev–Trinajstić information content (AvgIpc) is 2.56. The van der Waals surface area contributed by atoms with Crippen molar-refractivity contribution in [2.24, 2.45) is 4.99 Å². The van der Waals surface area contributed by atoms with E-state index in [-0.39, 0.29) is 24.0 Å². The van der Waals surface area contributed by atoms with Gasteiger partial charge in [-0.25, -0.2) is 4.99 Å². The first kappa shape index (κ1) is 22.0. The number of unbranched alkanes of at least 4 members (excludes halogenated alkanes) is 2. The van der Waals surface area contributed by atoms with Crippen LogP contribution < -0.4 is 15.4 Å². The summed E-state index contributed by atoms with van der Waals surface area (Å²) in [6, 6.07) is 8.00. The van der Waals surface area contributed by atoms with Gasteiger partial charge in [0.05, 0.1) is 13.7 Å². The molecule has 0 aliphatic heterocycles. The summed E-state index contributed by atoms with van der Waals surface area (Å²) in [6.07, 6.45) is 3.40. The van der Waals surface area contributed by atoms with Crippen LogP contribution >= 0.6 is 24.0 Å². The lowest BCUT2D eigenvalue weighted by Crippen LogP contribution is -2.37. The van der Waals surface area contributed by atoms with Crippen LogP contribution in [0, 0.1) is 0 Å². The molecule has 0 saturated heterocycles. The van der Waals surface area contributed by atoms with Crippen LogP contribution in [-0.2, 0) is 11.3 Å². The number of hydrogen-bond acceptors (Lipinski definition) is 3. The number of guanidine groups is 1. The molecule has 0 unspecified atom stereocenters. The molecule has 0 saturated carbocycles. The van der Waals surface area contributed by atoms with Gasteiger partial charge in [-0.3, -0.25) is 0 Å². The summed E-state index contributed by atoms with van der Waals surface area (Å²) in [5.41, 5.74) is 1.16. The van der Waals surface area contributed by atoms with Gasteiger partial charge in [0, 0.05) is 26.8 Å². The number of aliphatic imine (C=N–C) groups is 1. The Labute approximate surface area is 157 Å². The van der Waals surface area contributed by atoms with Crippen molar-refractivity contribution in [3.63, 3.8) is 0 Å². The normalized spacial score (nSPS) is 10.8. The molecule has 1 aromatic rings. The summed E-state index contributed by atoms with van der Waals surface area (Å²) in [6.45, 7) is 5.36. The fourth-order valence-corrected chi connectivity index (χ4v) is 2.00. The summed E-state index contributed by atoms with van der Waals surface area (Å²) in [5, 5.41) is 6.63. The SMILES string of the molecule is CCNC(=NCc1ccc(OC)cc1)NCCCCCOC.I. The van der Waals surface area contributed by atoms with Gasteiger partial charge in [-0.05, 0) is 43.9 Å². The van der Waals surface area contributed by atoms with Crippen molar-refractivity contribution in [2.45, 2.75) is 32.7 Å². The van der Waals surface area contributed by atoms with E-state index in [1.165, 1.54) is 6.42 Å². The van der Waals surface area contributed by atoms with Crippen molar-refractivity contribution in [3.05, 3.63) is 29.8 Å². The smallest absolute Gasteiger partial charge is 0.191 e. The van der Waals surface area contributed by atoms with E-state index >= 15 is 0 Å². The third kappa shape index (κ3) is 10.4. The molecule has 0 bridgehead atoms. The molecule has 23 heavy (non-hydrogen) atoms. The fraction of sp³-hybridized carbons (Fsp3) is 0.588. The molecule has 0 aliphatic carbocycles. The molecule has 0 amide bonds. The number of rotatable bonds is 10. The minimum Gasteiger partial charge on any atom is -0.497 e. The standard InChI is InChI=1S/C17H29N3O2.HI/c1-4-18-17(19-12-6-5-7-13-21-2)20-14-15-8-10-16(22-3)11-9-15;/h8-11H,4-7,12-14H2,1-3H3,(H2,18,19,20);1H. The van der Waals surface area contributed by atoms with E-state index in [1.54, 1.807) is 14.2 Å². The van der Waals surface area contributed by atoms with Gasteiger partial charge in [0.25, 0.3) is 0 Å². The van der Waals surface area contributed by atoms with Crippen molar-refractivity contribution in [2.75, 3.05) is 33.9 Å². The van der Waals surface area contributed by atoms with Crippen LogP contribution in [0.15, 0.2) is 29.3 Å². The minimum absolute atomic E-state index is 0. The number of methoxy groups -OCH3 is 2. The van der Waals surface area contributed by atoms with Gasteiger partial charge in [0.1, 0.15) is 5.75 Å². The Hall–Kier alpha value is -1.02. The summed E-state index contributed by atoms with van der Waals surface area (Å²) in [5.74, 6) is 1.74. The van der Waals surface area contributed by atoms with Crippen molar-refractivity contribution < 1.29 is 9.47 Å². The second-order valence-corrected chi connectivity index (χ2v) is 5.02. The Morgan fingerprint density at radius 3 is 2.39 bits per heavy atom. The summed E-state index contributed by atoms with van der Waals surface area (Å²) in [4.78, 5) is 4.60. The average molecular weight is 435 g/mol. The molecule has 0 radical (unpaired) electrons. The molecule has 0 fully saturated rings. The minimum atomic E-state index is 0. The molecule has 0 atom stereocenters. The van der Waals surface area contributed by atoms with Crippen LogP contribution in [0.2, 0.25) is 0 Å². The highest BCUT2D eigenvalue weighted by Gasteiger charge is 1.98. The lowest BCUT2D eigenvalue weighted by atomic mass is 10.2. The van der Waals surface area contributed by atoms with Gasteiger partial charge >= 0.3 is 0 Å². The summed E-state index contributed by atoms with van der Waals surface area (Å²) >= 11 is 0. The third-order valence-corrected chi connectivity index (χ3v) is 3.24. The molecule has 6 heteroatoms. The maximum Gasteiger partial charge on any atom is 0.191 e. The number of nitrogens with zero attached hydrogens (tertiary/aromatic N) is 1. The molecule has 0 aromatic heterocycles. The van der Waals surface area contributed by atoms with Gasteiger partial charge in [-0.2, -0.15) is 0 Å². The molecule has 2 N–H and O–H groups in total. The van der Waals surface area contributed by atoms with Gasteiger partial charge in [-0.15, -0.1) is 24.0 Å². The van der Waals surface area contributed by atoms with Crippen LogP contribution in [0.5, 0.6) is 5.75 Å². The Kier molecular flexibility index (Phi) is 13.9. The number of ether oxygens (including phenoxy) is 2. The van der Waals surface area contributed by atoms with Crippen molar-refractivity contribution >= 4 is 29.9 Å². The van der Waals surface area contributed by atoms with Crippen molar-refractivity contribution in [1.82, 2.24) is 10.6 Å². The maximum atomic E-state index is 5.16. The lowest BCUT2D eigenvalue weighted by molar-refractivity contribution is 0.192. The van der Waals surface area contributed by atoms with Gasteiger partial charge in [0.2, 0.25) is 0 Å². The van der Waals surface area contributed by atoms with E-state index < -0.39 is 0 Å². The molecule has 0 aliphatic rings. The van der Waals surface area contributed by atoms with Crippen LogP contribution in [0.4, 0.5) is 0 Å². The van der Waals surface area contributed by atoms with Crippen LogP contribution in [0.3, 0.4) is 0 Å². The maximum absolute atomic E-state index is 5.16. The topological polar surface area (TPSA) is 54.9 Å². The Morgan fingerprint density at radius 2 is 1.78 bits per heavy atom. The molecule has 0 heterocycles. The van der Waals surface area contributed by atoms with Crippen molar-refractivity contribution in [3.8, 4) is 5.75 Å². The van der Waals surface area contributed by atoms with E-state index in [0.717, 1.165) is 49.8 Å². The zero-order valence-electron chi connectivity index (χ0n) is 14.4. The molecular weight excluding hydrogens is 405 g/mol. The zero-order valence-corrected chi connectivity index (χ0v) is 16.8. The zero-order chi connectivity index (χ0) is 16.0. The first-order valence-corrected chi connectivity index (χ1v) is 7.94. The predicted molar refractivity (Wildman–Crippen MR) is 107 cm³/mol. The first-order chi connectivity index (χ1) is 10.8. The molecule has 132 valence electrons. The summed E-state index contributed by atoms with van der Waals surface area (Å²) in [7, 11) is 3.42. The number of nitrogens with one attached hydrogen (secondary N) is 2. The van der Waals surface area contributed by atoms with Gasteiger partial charge < -0.3 is 20.1 Å². The quantitative estimate of drug-likeness (QED) is 0.257. The molecule has 0 spiro atoms. The first-order valence-electron chi connectivity index (χ1n) is 7.94. The lowest BCUT2D eigenvalue weighted by Gasteiger charge is -2.11. The van der Waals surface area contributed by atoms with Gasteiger partial charge in [-0.1, -0.05) is 12.1 Å². The van der Waals surface area contributed by atoms with Crippen LogP contribution in [0.25, 0.3) is 0 Å². The Balaban J connectivity index is 0.00000484. The second kappa shape index (κ2) is 14.6. The molecule has 5 nitrogen and oxygen atoms in total. The third-order valence-electron chi connectivity index (χ3n) is 3.24. The van der Waals surface area contributed by atoms with Crippen molar-refractivity contribution in [1.29, 1.82) is 0 Å². The largest absolute Gasteiger partial charge is 0.497 e. The van der Waals surface area contributed by atoms with Crippen LogP contribution in [0.1, 0.15) is 31.7 Å². The fourth-order valence-electron chi connectivity index (χ4n) is 2.00. The van der Waals surface area contributed by atoms with E-state index in [4.69, 9.17) is 9.47 Å². The highest BCUT2D eigenvalue weighted by Crippen LogP contribution is 2.11. The van der Waals surface area contributed by atoms with E-state index in [2.05, 4.69) is 22.5 Å². The number of halogens is 1. The highest BCUT2D eigenvalue weighted by molar-refractivity contribution is 14.0. The molecule has 1 aromatic carbocycles. The highest BCUT2D eigenvalue weighted by atomic mass is 127. The van der Waals surface area contributed by atoms with E-state index in [0.29, 0.717) is 6.54 Å². The van der Waals surface area contributed by atoms with E-state index in [9.17, 15) is 0 Å². The predicted octanol–water partition coefficient (Wildman–Crippen LogP) is 3.19. The second-order valence-electron chi connectivity index (χ2n) is 5.02. The number of benzene rings is 1. The van der Waals surface area contributed by atoms with Crippen LogP contribution in [-0.4, -0.2) is 39.9 Å². The summed E-state index contributed by atoms with van der Waals surface area (Å²) < 4.78 is 10.2. The number of hydrogen-bond donors (Lipinski definition) is 2. The van der Waals surface area contributed by atoms with Gasteiger partial charge in [0.15, 0.2) is 5.96 Å². The van der Waals surface area contributed by atoms with E-state index in [1.807, 2.05) is 24.3 Å². The monoisotopic (exact) mass is 435 g/mol. The Morgan fingerprint density at radius 1 is 1.04 bits per heavy atom. The Bertz CT molecular complexity index is 424.